The highest BCUT2D eigenvalue weighted by Gasteiger charge is 2.05. The van der Waals surface area contributed by atoms with E-state index in [1.54, 1.807) is 17.1 Å². The predicted octanol–water partition coefficient (Wildman–Crippen LogP) is 4.21. The number of hydrogen-bond donors (Lipinski definition) is 1. The van der Waals surface area contributed by atoms with Crippen molar-refractivity contribution < 1.29 is 0 Å². The van der Waals surface area contributed by atoms with Crippen molar-refractivity contribution in [3.05, 3.63) is 52.3 Å². The molecule has 0 amide bonds. The number of halogens is 2. The molecule has 0 saturated heterocycles. The molecule has 0 unspecified atom stereocenters. The molecule has 1 N–H and O–H groups in total. The molecule has 0 spiro atoms. The lowest BCUT2D eigenvalue weighted by atomic mass is 10.2. The fourth-order valence-electron chi connectivity index (χ4n) is 1.55. The average molecular weight is 282 g/mol. The second-order valence-electron chi connectivity index (χ2n) is 3.95. The smallest absolute Gasteiger partial charge is 0.0641 e. The van der Waals surface area contributed by atoms with Crippen LogP contribution in [0.25, 0.3) is 6.20 Å². The number of aromatic nitrogens is 2. The fourth-order valence-corrected chi connectivity index (χ4v) is 2.00. The third kappa shape index (κ3) is 2.86. The third-order valence-corrected chi connectivity index (χ3v) is 3.29. The summed E-state index contributed by atoms with van der Waals surface area (Å²) in [5.41, 5.74) is 2.83. The van der Waals surface area contributed by atoms with Crippen LogP contribution >= 0.6 is 23.2 Å². The largest absolute Gasteiger partial charge is 0.380 e. The van der Waals surface area contributed by atoms with Crippen molar-refractivity contribution >= 4 is 35.1 Å². The number of rotatable bonds is 4. The highest BCUT2D eigenvalue weighted by molar-refractivity contribution is 6.35. The molecular weight excluding hydrogens is 269 g/mol. The summed E-state index contributed by atoms with van der Waals surface area (Å²) in [6, 6.07) is 3.68. The molecule has 1 aromatic carbocycles. The van der Waals surface area contributed by atoms with Gasteiger partial charge in [-0.2, -0.15) is 5.10 Å². The molecule has 0 aliphatic rings. The predicted molar refractivity (Wildman–Crippen MR) is 77.1 cm³/mol. The summed E-state index contributed by atoms with van der Waals surface area (Å²) in [7, 11) is 0. The molecule has 5 heteroatoms. The minimum Gasteiger partial charge on any atom is -0.380 e. The van der Waals surface area contributed by atoms with E-state index in [9.17, 15) is 0 Å². The van der Waals surface area contributed by atoms with Crippen LogP contribution in [-0.4, -0.2) is 9.78 Å². The molecule has 0 atom stereocenters. The van der Waals surface area contributed by atoms with Crippen molar-refractivity contribution in [2.45, 2.75) is 13.5 Å². The summed E-state index contributed by atoms with van der Waals surface area (Å²) in [6.45, 7) is 6.19. The number of nitrogens with one attached hydrogen (secondary N) is 1. The minimum atomic E-state index is 0.632. The zero-order valence-corrected chi connectivity index (χ0v) is 11.5. The zero-order valence-electron chi connectivity index (χ0n) is 9.95. The fraction of sp³-hybridized carbons (Fsp3) is 0.154. The highest BCUT2D eigenvalue weighted by Crippen LogP contribution is 2.29. The molecule has 0 radical (unpaired) electrons. The number of anilines is 1. The van der Waals surface area contributed by atoms with Crippen LogP contribution in [-0.2, 0) is 6.54 Å². The van der Waals surface area contributed by atoms with Gasteiger partial charge in [0.15, 0.2) is 0 Å². The Labute approximate surface area is 116 Å². The maximum absolute atomic E-state index is 6.14. The summed E-state index contributed by atoms with van der Waals surface area (Å²) >= 11 is 12.2. The van der Waals surface area contributed by atoms with E-state index < -0.39 is 0 Å². The number of hydrogen-bond acceptors (Lipinski definition) is 2. The molecule has 0 bridgehead atoms. The summed E-state index contributed by atoms with van der Waals surface area (Å²) in [6.07, 6.45) is 5.31. The molecule has 3 nitrogen and oxygen atoms in total. The van der Waals surface area contributed by atoms with Gasteiger partial charge >= 0.3 is 0 Å². The molecule has 1 aromatic heterocycles. The lowest BCUT2D eigenvalue weighted by Crippen LogP contribution is -1.99. The van der Waals surface area contributed by atoms with Crippen LogP contribution < -0.4 is 5.32 Å². The zero-order chi connectivity index (χ0) is 13.1. The molecule has 0 aliphatic heterocycles. The van der Waals surface area contributed by atoms with Crippen molar-refractivity contribution in [3.63, 3.8) is 0 Å². The molecule has 0 saturated carbocycles. The minimum absolute atomic E-state index is 0.632. The van der Waals surface area contributed by atoms with E-state index >= 15 is 0 Å². The Morgan fingerprint density at radius 2 is 2.17 bits per heavy atom. The Morgan fingerprint density at radius 3 is 2.83 bits per heavy atom. The Morgan fingerprint density at radius 1 is 1.39 bits per heavy atom. The summed E-state index contributed by atoms with van der Waals surface area (Å²) in [5.74, 6) is 0. The summed E-state index contributed by atoms with van der Waals surface area (Å²) in [5, 5.41) is 8.69. The molecule has 0 aliphatic carbocycles. The second kappa shape index (κ2) is 5.46. The van der Waals surface area contributed by atoms with Gasteiger partial charge in [0.25, 0.3) is 0 Å². The first-order chi connectivity index (χ1) is 8.60. The Kier molecular flexibility index (Phi) is 3.94. The van der Waals surface area contributed by atoms with E-state index in [1.807, 2.05) is 25.3 Å². The third-order valence-electron chi connectivity index (χ3n) is 2.57. The van der Waals surface area contributed by atoms with Crippen molar-refractivity contribution in [2.75, 3.05) is 5.32 Å². The van der Waals surface area contributed by atoms with E-state index in [2.05, 4.69) is 17.0 Å². The van der Waals surface area contributed by atoms with E-state index in [4.69, 9.17) is 23.2 Å². The van der Waals surface area contributed by atoms with Gasteiger partial charge in [-0.3, -0.25) is 0 Å². The van der Waals surface area contributed by atoms with Crippen LogP contribution in [0.15, 0.2) is 31.1 Å². The van der Waals surface area contributed by atoms with Crippen LogP contribution in [0.4, 0.5) is 5.69 Å². The molecule has 0 fully saturated rings. The Bertz CT molecular complexity index is 576. The van der Waals surface area contributed by atoms with Crippen LogP contribution in [0.1, 0.15) is 11.1 Å². The topological polar surface area (TPSA) is 29.9 Å². The van der Waals surface area contributed by atoms with Gasteiger partial charge in [0.1, 0.15) is 0 Å². The first-order valence-electron chi connectivity index (χ1n) is 5.45. The lowest BCUT2D eigenvalue weighted by Gasteiger charge is -2.09. The maximum Gasteiger partial charge on any atom is 0.0641 e. The van der Waals surface area contributed by atoms with Gasteiger partial charge in [-0.15, -0.1) is 0 Å². The Hall–Kier alpha value is -1.45. The van der Waals surface area contributed by atoms with Crippen molar-refractivity contribution in [2.24, 2.45) is 0 Å². The monoisotopic (exact) mass is 281 g/mol. The SMILES string of the molecule is C=Cn1cc(CNc2cc(Cl)c(C)cc2Cl)cn1. The number of benzene rings is 1. The molecule has 18 heavy (non-hydrogen) atoms. The number of aryl methyl sites for hydroxylation is 1. The van der Waals surface area contributed by atoms with Gasteiger partial charge in [0.2, 0.25) is 0 Å². The normalized spacial score (nSPS) is 10.4. The highest BCUT2D eigenvalue weighted by atomic mass is 35.5. The standard InChI is InChI=1S/C13H13Cl2N3/c1-3-18-8-10(7-17-18)6-16-13-5-11(14)9(2)4-12(13)15/h3-5,7-8,16H,1,6H2,2H3. The molecule has 94 valence electrons. The van der Waals surface area contributed by atoms with Crippen LogP contribution in [0.2, 0.25) is 10.0 Å². The van der Waals surface area contributed by atoms with Gasteiger partial charge < -0.3 is 5.32 Å². The van der Waals surface area contributed by atoms with Gasteiger partial charge in [0.05, 0.1) is 16.9 Å². The van der Waals surface area contributed by atoms with Crippen molar-refractivity contribution in [1.29, 1.82) is 0 Å². The molecule has 1 heterocycles. The quantitative estimate of drug-likeness (QED) is 0.910. The van der Waals surface area contributed by atoms with Crippen LogP contribution in [0.5, 0.6) is 0 Å². The van der Waals surface area contributed by atoms with Crippen LogP contribution in [0.3, 0.4) is 0 Å². The number of nitrogens with zero attached hydrogens (tertiary/aromatic N) is 2. The summed E-state index contributed by atoms with van der Waals surface area (Å²) < 4.78 is 1.65. The average Bonchev–Trinajstić information content (AvgIpc) is 2.80. The van der Waals surface area contributed by atoms with Crippen molar-refractivity contribution in [1.82, 2.24) is 9.78 Å². The van der Waals surface area contributed by atoms with E-state index in [-0.39, 0.29) is 0 Å². The summed E-state index contributed by atoms with van der Waals surface area (Å²) in [4.78, 5) is 0. The first kappa shape index (κ1) is 13.0. The Balaban J connectivity index is 2.10. The van der Waals surface area contributed by atoms with E-state index in [0.29, 0.717) is 16.6 Å². The van der Waals surface area contributed by atoms with Gasteiger partial charge in [-0.1, -0.05) is 29.8 Å². The van der Waals surface area contributed by atoms with E-state index in [1.165, 1.54) is 0 Å². The van der Waals surface area contributed by atoms with E-state index in [0.717, 1.165) is 16.8 Å². The van der Waals surface area contributed by atoms with Gasteiger partial charge in [-0.05, 0) is 24.6 Å². The first-order valence-corrected chi connectivity index (χ1v) is 6.21. The lowest BCUT2D eigenvalue weighted by molar-refractivity contribution is 0.936. The van der Waals surface area contributed by atoms with Crippen LogP contribution in [0, 0.1) is 6.92 Å². The maximum atomic E-state index is 6.14. The molecule has 2 aromatic rings. The van der Waals surface area contributed by atoms with Gasteiger partial charge in [0, 0.05) is 29.5 Å². The van der Waals surface area contributed by atoms with Crippen molar-refractivity contribution in [3.8, 4) is 0 Å². The molecular formula is C13H13Cl2N3. The van der Waals surface area contributed by atoms with Gasteiger partial charge in [-0.25, -0.2) is 4.68 Å². The second-order valence-corrected chi connectivity index (χ2v) is 4.76. The molecule has 2 rings (SSSR count).